The van der Waals surface area contributed by atoms with Gasteiger partial charge in [-0.2, -0.15) is 4.99 Å². The van der Waals surface area contributed by atoms with Crippen LogP contribution in [0.15, 0.2) is 53.5 Å². The van der Waals surface area contributed by atoms with Crippen molar-refractivity contribution in [2.45, 2.75) is 24.1 Å². The predicted molar refractivity (Wildman–Crippen MR) is 113 cm³/mol. The Bertz CT molecular complexity index is 1070. The van der Waals surface area contributed by atoms with E-state index in [1.54, 1.807) is 24.3 Å². The first-order valence-electron chi connectivity index (χ1n) is 9.53. The molecule has 1 amide bonds. The summed E-state index contributed by atoms with van der Waals surface area (Å²) in [6, 6.07) is 11.6. The zero-order valence-electron chi connectivity index (χ0n) is 16.0. The molecule has 2 atom stereocenters. The number of benzene rings is 2. The van der Waals surface area contributed by atoms with Gasteiger partial charge in [0, 0.05) is 11.8 Å². The summed E-state index contributed by atoms with van der Waals surface area (Å²) >= 11 is 1.33. The van der Waals surface area contributed by atoms with Gasteiger partial charge >= 0.3 is 0 Å². The van der Waals surface area contributed by atoms with Crippen LogP contribution in [-0.4, -0.2) is 53.7 Å². The first kappa shape index (κ1) is 21.0. The Morgan fingerprint density at radius 1 is 1.00 bits per heavy atom. The number of hydrogen-bond acceptors (Lipinski definition) is 4. The largest absolute Gasteiger partial charge is 0.346 e. The molecular weight excluding hydrogens is 430 g/mol. The van der Waals surface area contributed by atoms with Gasteiger partial charge in [0.15, 0.2) is 15.0 Å². The molecule has 2 aromatic rings. The van der Waals surface area contributed by atoms with E-state index in [0.29, 0.717) is 23.7 Å². The quantitative estimate of drug-likeness (QED) is 0.701. The van der Waals surface area contributed by atoms with Crippen LogP contribution in [0.4, 0.5) is 8.78 Å². The fourth-order valence-corrected chi connectivity index (χ4v) is 7.72. The zero-order valence-corrected chi connectivity index (χ0v) is 17.6. The third-order valence-electron chi connectivity index (χ3n) is 5.22. The number of thioether (sulfide) groups is 1. The SMILES string of the molecule is O=C(Cc1ccc(F)cc1)N=C1S[C@H]2CS(=O)(=O)C[C@@H]2N1CCc1ccc(F)cc1. The highest BCUT2D eigenvalue weighted by Gasteiger charge is 2.48. The molecule has 0 saturated carbocycles. The van der Waals surface area contributed by atoms with Gasteiger partial charge in [0.05, 0.1) is 24.0 Å². The Morgan fingerprint density at radius 2 is 1.60 bits per heavy atom. The summed E-state index contributed by atoms with van der Waals surface area (Å²) < 4.78 is 50.3. The molecule has 0 bridgehead atoms. The van der Waals surface area contributed by atoms with Gasteiger partial charge in [0.2, 0.25) is 0 Å². The van der Waals surface area contributed by atoms with Crippen molar-refractivity contribution in [2.24, 2.45) is 4.99 Å². The van der Waals surface area contributed by atoms with Gasteiger partial charge in [-0.1, -0.05) is 36.0 Å². The molecule has 158 valence electrons. The third kappa shape index (κ3) is 4.89. The number of carbonyl (C=O) groups is 1. The van der Waals surface area contributed by atoms with Crippen molar-refractivity contribution in [1.29, 1.82) is 0 Å². The number of fused-ring (bicyclic) bond motifs is 1. The molecule has 0 aliphatic carbocycles. The molecule has 2 aliphatic heterocycles. The van der Waals surface area contributed by atoms with Crippen molar-refractivity contribution < 1.29 is 22.0 Å². The second kappa shape index (κ2) is 8.47. The molecule has 2 heterocycles. The van der Waals surface area contributed by atoms with Gasteiger partial charge < -0.3 is 4.90 Å². The van der Waals surface area contributed by atoms with Crippen LogP contribution in [0, 0.1) is 11.6 Å². The molecule has 0 radical (unpaired) electrons. The highest BCUT2D eigenvalue weighted by Crippen LogP contribution is 2.38. The summed E-state index contributed by atoms with van der Waals surface area (Å²) in [4.78, 5) is 18.6. The normalized spacial score (nSPS) is 23.7. The Kier molecular flexibility index (Phi) is 5.92. The molecule has 9 heteroatoms. The molecule has 30 heavy (non-hydrogen) atoms. The van der Waals surface area contributed by atoms with Crippen LogP contribution in [0.2, 0.25) is 0 Å². The van der Waals surface area contributed by atoms with Crippen LogP contribution in [0.25, 0.3) is 0 Å². The number of hydrogen-bond donors (Lipinski definition) is 0. The predicted octanol–water partition coefficient (Wildman–Crippen LogP) is 2.85. The van der Waals surface area contributed by atoms with Crippen LogP contribution >= 0.6 is 11.8 Å². The number of carbonyl (C=O) groups excluding carboxylic acids is 1. The summed E-state index contributed by atoms with van der Waals surface area (Å²) in [5.41, 5.74) is 1.58. The monoisotopic (exact) mass is 450 g/mol. The van der Waals surface area contributed by atoms with Crippen molar-refractivity contribution in [3.63, 3.8) is 0 Å². The lowest BCUT2D eigenvalue weighted by atomic mass is 10.1. The van der Waals surface area contributed by atoms with Crippen molar-refractivity contribution in [1.82, 2.24) is 4.90 Å². The molecule has 2 aromatic carbocycles. The van der Waals surface area contributed by atoms with E-state index in [1.807, 2.05) is 4.90 Å². The second-order valence-electron chi connectivity index (χ2n) is 7.46. The van der Waals surface area contributed by atoms with E-state index in [9.17, 15) is 22.0 Å². The molecule has 2 saturated heterocycles. The number of amidine groups is 1. The van der Waals surface area contributed by atoms with Crippen LogP contribution < -0.4 is 0 Å². The molecule has 5 nitrogen and oxygen atoms in total. The Hall–Kier alpha value is -2.26. The van der Waals surface area contributed by atoms with E-state index in [2.05, 4.69) is 4.99 Å². The van der Waals surface area contributed by atoms with E-state index in [-0.39, 0.29) is 46.8 Å². The van der Waals surface area contributed by atoms with E-state index in [4.69, 9.17) is 0 Å². The minimum Gasteiger partial charge on any atom is -0.346 e. The number of amides is 1. The molecule has 0 unspecified atom stereocenters. The fraction of sp³-hybridized carbons (Fsp3) is 0.333. The third-order valence-corrected chi connectivity index (χ3v) is 8.47. The van der Waals surface area contributed by atoms with Gasteiger partial charge in [-0.15, -0.1) is 0 Å². The Labute approximate surface area is 178 Å². The number of aliphatic imine (C=N–C) groups is 1. The minimum absolute atomic E-state index is 0.0409. The van der Waals surface area contributed by atoms with Crippen molar-refractivity contribution in [2.75, 3.05) is 18.1 Å². The van der Waals surface area contributed by atoms with Crippen LogP contribution in [-0.2, 0) is 27.5 Å². The number of nitrogens with zero attached hydrogens (tertiary/aromatic N) is 2. The summed E-state index contributed by atoms with van der Waals surface area (Å²) in [5, 5.41) is 0.370. The number of halogens is 2. The van der Waals surface area contributed by atoms with Crippen LogP contribution in [0.5, 0.6) is 0 Å². The molecule has 2 aliphatic rings. The molecule has 0 spiro atoms. The van der Waals surface area contributed by atoms with Gasteiger partial charge in [-0.25, -0.2) is 17.2 Å². The molecule has 0 N–H and O–H groups in total. The topological polar surface area (TPSA) is 66.8 Å². The fourth-order valence-electron chi connectivity index (χ4n) is 3.72. The maximum Gasteiger partial charge on any atom is 0.252 e. The summed E-state index contributed by atoms with van der Waals surface area (Å²) in [5.74, 6) is -0.936. The summed E-state index contributed by atoms with van der Waals surface area (Å²) in [6.45, 7) is 0.484. The minimum atomic E-state index is -3.12. The lowest BCUT2D eigenvalue weighted by molar-refractivity contribution is -0.117. The van der Waals surface area contributed by atoms with Crippen LogP contribution in [0.3, 0.4) is 0 Å². The molecule has 2 fully saturated rings. The first-order chi connectivity index (χ1) is 14.3. The van der Waals surface area contributed by atoms with Crippen molar-refractivity contribution >= 4 is 32.7 Å². The van der Waals surface area contributed by atoms with E-state index < -0.39 is 9.84 Å². The standard InChI is InChI=1S/C21H20F2N2O3S2/c22-16-5-1-14(2-6-16)9-10-25-18-12-30(27,28)13-19(18)29-21(25)24-20(26)11-15-3-7-17(23)8-4-15/h1-8,18-19H,9-13H2/t18-,19-/m0/s1. The Balaban J connectivity index is 1.50. The van der Waals surface area contributed by atoms with E-state index in [0.717, 1.165) is 5.56 Å². The van der Waals surface area contributed by atoms with Gasteiger partial charge in [-0.05, 0) is 41.8 Å². The number of rotatable bonds is 5. The van der Waals surface area contributed by atoms with Gasteiger partial charge in [0.1, 0.15) is 11.6 Å². The average molecular weight is 451 g/mol. The average Bonchev–Trinajstić information content (AvgIpc) is 3.14. The first-order valence-corrected chi connectivity index (χ1v) is 12.2. The maximum atomic E-state index is 13.1. The number of sulfone groups is 1. The van der Waals surface area contributed by atoms with Gasteiger partial charge in [0.25, 0.3) is 5.91 Å². The van der Waals surface area contributed by atoms with E-state index in [1.165, 1.54) is 36.0 Å². The molecular formula is C21H20F2N2O3S2. The van der Waals surface area contributed by atoms with Crippen molar-refractivity contribution in [3.8, 4) is 0 Å². The summed E-state index contributed by atoms with van der Waals surface area (Å²) in [7, 11) is -3.12. The van der Waals surface area contributed by atoms with Crippen molar-refractivity contribution in [3.05, 3.63) is 71.3 Å². The lowest BCUT2D eigenvalue weighted by Gasteiger charge is -2.24. The van der Waals surface area contributed by atoms with Gasteiger partial charge in [-0.3, -0.25) is 4.79 Å². The molecule has 4 rings (SSSR count). The lowest BCUT2D eigenvalue weighted by Crippen LogP contribution is -2.39. The smallest absolute Gasteiger partial charge is 0.252 e. The molecule has 0 aromatic heterocycles. The second-order valence-corrected chi connectivity index (χ2v) is 10.8. The highest BCUT2D eigenvalue weighted by molar-refractivity contribution is 8.15. The zero-order chi connectivity index (χ0) is 21.3. The summed E-state index contributed by atoms with van der Waals surface area (Å²) in [6.07, 6.45) is 0.624. The van der Waals surface area contributed by atoms with Crippen LogP contribution in [0.1, 0.15) is 11.1 Å². The maximum absolute atomic E-state index is 13.1. The highest BCUT2D eigenvalue weighted by atomic mass is 32.2. The Morgan fingerprint density at radius 3 is 2.23 bits per heavy atom. The van der Waals surface area contributed by atoms with E-state index >= 15 is 0 Å².